The van der Waals surface area contributed by atoms with Gasteiger partial charge in [-0.05, 0) is 44.2 Å². The number of hydrogen-bond acceptors (Lipinski definition) is 4. The van der Waals surface area contributed by atoms with Gasteiger partial charge in [0.15, 0.2) is 0 Å². The van der Waals surface area contributed by atoms with Crippen molar-refractivity contribution < 1.29 is 18.7 Å². The molecule has 0 bridgehead atoms. The summed E-state index contributed by atoms with van der Waals surface area (Å²) in [7, 11) is 1.30. The van der Waals surface area contributed by atoms with Gasteiger partial charge in [0.05, 0.1) is 18.8 Å². The average Bonchev–Trinajstić information content (AvgIpc) is 2.89. The zero-order valence-corrected chi connectivity index (χ0v) is 12.2. The van der Waals surface area contributed by atoms with E-state index in [4.69, 9.17) is 20.8 Å². The van der Waals surface area contributed by atoms with E-state index >= 15 is 0 Å². The molecule has 1 heterocycles. The number of benzene rings is 1. The van der Waals surface area contributed by atoms with Crippen molar-refractivity contribution >= 4 is 17.6 Å². The quantitative estimate of drug-likeness (QED) is 0.794. The smallest absolute Gasteiger partial charge is 0.373 e. The van der Waals surface area contributed by atoms with Crippen LogP contribution in [0.15, 0.2) is 34.7 Å². The zero-order chi connectivity index (χ0) is 14.7. The lowest BCUT2D eigenvalue weighted by Gasteiger charge is -2.13. The Morgan fingerprint density at radius 1 is 1.25 bits per heavy atom. The minimum atomic E-state index is -0.524. The summed E-state index contributed by atoms with van der Waals surface area (Å²) in [5, 5.41) is 0.562. The van der Waals surface area contributed by atoms with Crippen LogP contribution in [-0.4, -0.2) is 19.2 Å². The Kier molecular flexibility index (Phi) is 4.35. The maximum Gasteiger partial charge on any atom is 0.373 e. The van der Waals surface area contributed by atoms with E-state index in [0.717, 1.165) is 0 Å². The van der Waals surface area contributed by atoms with Gasteiger partial charge in [-0.2, -0.15) is 0 Å². The van der Waals surface area contributed by atoms with Crippen molar-refractivity contribution in [1.29, 1.82) is 0 Å². The summed E-state index contributed by atoms with van der Waals surface area (Å²) in [5.74, 6) is 0.765. The highest BCUT2D eigenvalue weighted by Crippen LogP contribution is 2.34. The summed E-state index contributed by atoms with van der Waals surface area (Å²) in [4.78, 5) is 11.4. The van der Waals surface area contributed by atoms with E-state index in [1.165, 1.54) is 7.11 Å². The van der Waals surface area contributed by atoms with Crippen LogP contribution >= 0.6 is 11.6 Å². The highest BCUT2D eigenvalue weighted by molar-refractivity contribution is 6.30. The lowest BCUT2D eigenvalue weighted by atomic mass is 10.1. The largest absolute Gasteiger partial charge is 0.490 e. The van der Waals surface area contributed by atoms with Crippen molar-refractivity contribution in [2.75, 3.05) is 7.11 Å². The molecule has 0 saturated carbocycles. The zero-order valence-electron chi connectivity index (χ0n) is 11.5. The molecular formula is C15H15ClO4. The van der Waals surface area contributed by atoms with Gasteiger partial charge >= 0.3 is 5.97 Å². The molecule has 1 aromatic heterocycles. The molecule has 0 aliphatic heterocycles. The number of esters is 1. The number of hydrogen-bond donors (Lipinski definition) is 0. The molecule has 0 amide bonds. The number of ether oxygens (including phenoxy) is 2. The maximum atomic E-state index is 11.4. The van der Waals surface area contributed by atoms with Crippen molar-refractivity contribution in [3.63, 3.8) is 0 Å². The Hall–Kier alpha value is -1.94. The van der Waals surface area contributed by atoms with Crippen LogP contribution in [0.2, 0.25) is 5.02 Å². The minimum Gasteiger partial charge on any atom is -0.490 e. The molecule has 0 saturated heterocycles. The van der Waals surface area contributed by atoms with Crippen LogP contribution < -0.4 is 4.74 Å². The van der Waals surface area contributed by atoms with E-state index in [0.29, 0.717) is 22.1 Å². The van der Waals surface area contributed by atoms with Crippen molar-refractivity contribution in [2.24, 2.45) is 0 Å². The standard InChI is InChI=1S/C15H15ClO4/c1-9(2)19-12-5-4-10(16)8-11(12)13-6-7-14(20-13)15(17)18-3/h4-9H,1-3H3. The second-order valence-electron chi connectivity index (χ2n) is 4.46. The van der Waals surface area contributed by atoms with E-state index in [-0.39, 0.29) is 11.9 Å². The number of rotatable bonds is 4. The van der Waals surface area contributed by atoms with E-state index in [2.05, 4.69) is 4.74 Å². The van der Waals surface area contributed by atoms with Gasteiger partial charge in [-0.15, -0.1) is 0 Å². The SMILES string of the molecule is COC(=O)c1ccc(-c2cc(Cl)ccc2OC(C)C)o1. The van der Waals surface area contributed by atoms with E-state index in [9.17, 15) is 4.79 Å². The molecule has 4 nitrogen and oxygen atoms in total. The third kappa shape index (κ3) is 3.14. The topological polar surface area (TPSA) is 48.7 Å². The van der Waals surface area contributed by atoms with Gasteiger partial charge in [-0.1, -0.05) is 11.6 Å². The number of carbonyl (C=O) groups excluding carboxylic acids is 1. The number of methoxy groups -OCH3 is 1. The summed E-state index contributed by atoms with van der Waals surface area (Å²) < 4.78 is 15.8. The summed E-state index contributed by atoms with van der Waals surface area (Å²) in [6.07, 6.45) is 0.0185. The molecule has 0 fully saturated rings. The predicted molar refractivity (Wildman–Crippen MR) is 76.3 cm³/mol. The normalized spacial score (nSPS) is 10.7. The second kappa shape index (κ2) is 6.01. The molecule has 0 atom stereocenters. The number of carbonyl (C=O) groups is 1. The van der Waals surface area contributed by atoms with Crippen LogP contribution in [-0.2, 0) is 4.74 Å². The highest BCUT2D eigenvalue weighted by atomic mass is 35.5. The molecular weight excluding hydrogens is 280 g/mol. The molecule has 5 heteroatoms. The van der Waals surface area contributed by atoms with Crippen LogP contribution in [0.5, 0.6) is 5.75 Å². The summed E-state index contributed by atoms with van der Waals surface area (Å²) in [6.45, 7) is 3.86. The van der Waals surface area contributed by atoms with Crippen LogP contribution in [0.1, 0.15) is 24.4 Å². The Morgan fingerprint density at radius 3 is 2.65 bits per heavy atom. The lowest BCUT2D eigenvalue weighted by molar-refractivity contribution is 0.0566. The van der Waals surface area contributed by atoms with Crippen molar-refractivity contribution in [3.05, 3.63) is 41.1 Å². The first-order valence-corrected chi connectivity index (χ1v) is 6.53. The first kappa shape index (κ1) is 14.5. The molecule has 0 N–H and O–H groups in total. The fourth-order valence-corrected chi connectivity index (χ4v) is 1.92. The third-order valence-electron chi connectivity index (χ3n) is 2.56. The van der Waals surface area contributed by atoms with Gasteiger partial charge in [-0.3, -0.25) is 0 Å². The fraction of sp³-hybridized carbons (Fsp3) is 0.267. The second-order valence-corrected chi connectivity index (χ2v) is 4.90. The molecule has 0 unspecified atom stereocenters. The Bertz CT molecular complexity index is 616. The fourth-order valence-electron chi connectivity index (χ4n) is 1.74. The van der Waals surface area contributed by atoms with E-state index in [1.54, 1.807) is 30.3 Å². The molecule has 0 radical (unpaired) electrons. The average molecular weight is 295 g/mol. The van der Waals surface area contributed by atoms with Crippen LogP contribution in [0, 0.1) is 0 Å². The first-order valence-electron chi connectivity index (χ1n) is 6.16. The molecule has 20 heavy (non-hydrogen) atoms. The number of furan rings is 1. The third-order valence-corrected chi connectivity index (χ3v) is 2.80. The molecule has 2 rings (SSSR count). The first-order chi connectivity index (χ1) is 9.51. The lowest BCUT2D eigenvalue weighted by Crippen LogP contribution is -2.06. The summed E-state index contributed by atoms with van der Waals surface area (Å²) >= 11 is 6.01. The Labute approximate surface area is 122 Å². The van der Waals surface area contributed by atoms with Gasteiger partial charge < -0.3 is 13.9 Å². The van der Waals surface area contributed by atoms with Gasteiger partial charge in [-0.25, -0.2) is 4.79 Å². The van der Waals surface area contributed by atoms with Crippen molar-refractivity contribution in [1.82, 2.24) is 0 Å². The van der Waals surface area contributed by atoms with E-state index < -0.39 is 5.97 Å². The molecule has 1 aromatic carbocycles. The van der Waals surface area contributed by atoms with Gasteiger partial charge in [0.1, 0.15) is 11.5 Å². The summed E-state index contributed by atoms with van der Waals surface area (Å²) in [5.41, 5.74) is 0.696. The highest BCUT2D eigenvalue weighted by Gasteiger charge is 2.16. The van der Waals surface area contributed by atoms with Crippen LogP contribution in [0.3, 0.4) is 0 Å². The minimum absolute atomic E-state index is 0.0185. The predicted octanol–water partition coefficient (Wildman–Crippen LogP) is 4.17. The van der Waals surface area contributed by atoms with Gasteiger partial charge in [0.25, 0.3) is 0 Å². The Balaban J connectivity index is 2.42. The number of halogens is 1. The molecule has 2 aromatic rings. The maximum absolute atomic E-state index is 11.4. The molecule has 0 aliphatic rings. The van der Waals surface area contributed by atoms with Crippen molar-refractivity contribution in [2.45, 2.75) is 20.0 Å². The van der Waals surface area contributed by atoms with Gasteiger partial charge in [0, 0.05) is 5.02 Å². The van der Waals surface area contributed by atoms with Crippen LogP contribution in [0.4, 0.5) is 0 Å². The van der Waals surface area contributed by atoms with Crippen LogP contribution in [0.25, 0.3) is 11.3 Å². The molecule has 0 spiro atoms. The Morgan fingerprint density at radius 2 is 2.00 bits per heavy atom. The monoisotopic (exact) mass is 294 g/mol. The van der Waals surface area contributed by atoms with Gasteiger partial charge in [0.2, 0.25) is 5.76 Å². The summed E-state index contributed by atoms with van der Waals surface area (Å²) in [6, 6.07) is 8.50. The molecule has 106 valence electrons. The molecule has 0 aliphatic carbocycles. The van der Waals surface area contributed by atoms with E-state index in [1.807, 2.05) is 13.8 Å². The van der Waals surface area contributed by atoms with Crippen molar-refractivity contribution in [3.8, 4) is 17.1 Å².